The smallest absolute Gasteiger partial charge is 0.437 e. The van der Waals surface area contributed by atoms with Gasteiger partial charge in [0.2, 0.25) is 5.76 Å². The second-order valence-electron chi connectivity index (χ2n) is 5.20. The van der Waals surface area contributed by atoms with Crippen LogP contribution in [0.25, 0.3) is 0 Å². The Kier molecular flexibility index (Phi) is 4.43. The van der Waals surface area contributed by atoms with Gasteiger partial charge in [-0.1, -0.05) is 19.8 Å². The molecule has 2 rings (SSSR count). The van der Waals surface area contributed by atoms with Gasteiger partial charge in [-0.2, -0.15) is 18.2 Å². The molecule has 1 aromatic heterocycles. The van der Waals surface area contributed by atoms with Crippen LogP contribution >= 0.6 is 0 Å². The Bertz CT molecular complexity index is 505. The molecule has 118 valence electrons. The van der Waals surface area contributed by atoms with E-state index in [0.717, 1.165) is 25.7 Å². The molecule has 0 spiro atoms. The number of hydrogen-bond donors (Lipinski definition) is 1. The van der Waals surface area contributed by atoms with Crippen LogP contribution < -0.4 is 4.90 Å². The summed E-state index contributed by atoms with van der Waals surface area (Å²) in [5.74, 6) is -2.35. The van der Waals surface area contributed by atoms with Crippen LogP contribution in [-0.2, 0) is 6.18 Å². The van der Waals surface area contributed by atoms with Crippen molar-refractivity contribution in [2.75, 3.05) is 18.0 Å². The number of oxazole rings is 1. The van der Waals surface area contributed by atoms with Crippen LogP contribution in [0, 0.1) is 5.92 Å². The van der Waals surface area contributed by atoms with E-state index in [4.69, 9.17) is 9.52 Å². The van der Waals surface area contributed by atoms with E-state index in [-0.39, 0.29) is 6.01 Å². The number of halogens is 3. The first-order chi connectivity index (χ1) is 9.82. The van der Waals surface area contributed by atoms with E-state index in [0.29, 0.717) is 19.0 Å². The fourth-order valence-electron chi connectivity index (χ4n) is 2.60. The maximum Gasteiger partial charge on any atom is 0.437 e. The van der Waals surface area contributed by atoms with Crippen LogP contribution in [0.2, 0.25) is 0 Å². The van der Waals surface area contributed by atoms with Crippen LogP contribution in [0.5, 0.6) is 0 Å². The summed E-state index contributed by atoms with van der Waals surface area (Å²) in [5, 5.41) is 8.80. The lowest BCUT2D eigenvalue weighted by Crippen LogP contribution is -2.33. The number of anilines is 1. The molecule has 2 heterocycles. The predicted molar refractivity (Wildman–Crippen MR) is 68.3 cm³/mol. The van der Waals surface area contributed by atoms with Crippen molar-refractivity contribution in [3.05, 3.63) is 11.5 Å². The zero-order chi connectivity index (χ0) is 15.6. The third kappa shape index (κ3) is 3.48. The molecule has 1 N–H and O–H groups in total. The number of nitrogens with zero attached hydrogens (tertiary/aromatic N) is 2. The number of rotatable bonds is 4. The standard InChI is InChI=1S/C13H17F3N2O3/c1-2-3-8-4-6-18(7-5-8)12-17-10(13(14,15)16)9(21-12)11(19)20/h8H,2-7H2,1H3,(H,19,20). The van der Waals surface area contributed by atoms with Gasteiger partial charge in [-0.05, 0) is 18.8 Å². The van der Waals surface area contributed by atoms with E-state index >= 15 is 0 Å². The Morgan fingerprint density at radius 1 is 1.43 bits per heavy atom. The van der Waals surface area contributed by atoms with Gasteiger partial charge >= 0.3 is 12.1 Å². The van der Waals surface area contributed by atoms with Gasteiger partial charge in [-0.3, -0.25) is 0 Å². The maximum atomic E-state index is 12.7. The molecule has 0 aliphatic carbocycles. The molecule has 0 atom stereocenters. The maximum absolute atomic E-state index is 12.7. The first-order valence-corrected chi connectivity index (χ1v) is 6.89. The van der Waals surface area contributed by atoms with Crippen LogP contribution in [0.3, 0.4) is 0 Å². The van der Waals surface area contributed by atoms with E-state index in [9.17, 15) is 18.0 Å². The minimum Gasteiger partial charge on any atom is -0.475 e. The van der Waals surface area contributed by atoms with Crippen LogP contribution in [0.15, 0.2) is 4.42 Å². The monoisotopic (exact) mass is 306 g/mol. The van der Waals surface area contributed by atoms with Gasteiger partial charge in [0.05, 0.1) is 0 Å². The third-order valence-electron chi connectivity index (χ3n) is 3.66. The topological polar surface area (TPSA) is 66.6 Å². The highest BCUT2D eigenvalue weighted by atomic mass is 19.4. The number of carboxylic acid groups (broad SMARTS) is 1. The van der Waals surface area contributed by atoms with Crippen molar-refractivity contribution in [3.63, 3.8) is 0 Å². The van der Waals surface area contributed by atoms with Crippen LogP contribution in [0.4, 0.5) is 19.2 Å². The number of aromatic nitrogens is 1. The summed E-state index contributed by atoms with van der Waals surface area (Å²) in [6.07, 6.45) is -0.978. The lowest BCUT2D eigenvalue weighted by molar-refractivity contribution is -0.141. The minimum atomic E-state index is -4.84. The molecule has 0 amide bonds. The molecule has 1 saturated heterocycles. The second kappa shape index (κ2) is 5.95. The Morgan fingerprint density at radius 3 is 2.48 bits per heavy atom. The zero-order valence-electron chi connectivity index (χ0n) is 11.6. The highest BCUT2D eigenvalue weighted by Crippen LogP contribution is 2.35. The number of carbonyl (C=O) groups is 1. The fourth-order valence-corrected chi connectivity index (χ4v) is 2.60. The SMILES string of the molecule is CCCC1CCN(c2nc(C(F)(F)F)c(C(=O)O)o2)CC1. The first-order valence-electron chi connectivity index (χ1n) is 6.89. The molecule has 5 nitrogen and oxygen atoms in total. The summed E-state index contributed by atoms with van der Waals surface area (Å²) in [4.78, 5) is 15.8. The predicted octanol–water partition coefficient (Wildman–Crippen LogP) is 3.41. The summed E-state index contributed by atoms with van der Waals surface area (Å²) < 4.78 is 43.1. The molecule has 1 aromatic rings. The minimum absolute atomic E-state index is 0.255. The second-order valence-corrected chi connectivity index (χ2v) is 5.20. The average Bonchev–Trinajstić information content (AvgIpc) is 2.85. The fraction of sp³-hybridized carbons (Fsp3) is 0.692. The van der Waals surface area contributed by atoms with Crippen molar-refractivity contribution in [1.29, 1.82) is 0 Å². The quantitative estimate of drug-likeness (QED) is 0.923. The largest absolute Gasteiger partial charge is 0.475 e. The summed E-state index contributed by atoms with van der Waals surface area (Å²) in [7, 11) is 0. The highest BCUT2D eigenvalue weighted by Gasteiger charge is 2.42. The molecule has 8 heteroatoms. The van der Waals surface area contributed by atoms with E-state index in [1.807, 2.05) is 0 Å². The Hall–Kier alpha value is -1.73. The van der Waals surface area contributed by atoms with Crippen LogP contribution in [0.1, 0.15) is 48.9 Å². The first kappa shape index (κ1) is 15.7. The molecule has 0 aromatic carbocycles. The van der Waals surface area contributed by atoms with Gasteiger partial charge in [0.25, 0.3) is 6.01 Å². The Labute approximate surface area is 119 Å². The lowest BCUT2D eigenvalue weighted by Gasteiger charge is -2.30. The van der Waals surface area contributed by atoms with Crippen molar-refractivity contribution >= 4 is 12.0 Å². The van der Waals surface area contributed by atoms with Gasteiger partial charge in [0.15, 0.2) is 5.69 Å². The zero-order valence-corrected chi connectivity index (χ0v) is 11.6. The van der Waals surface area contributed by atoms with Crippen LogP contribution in [-0.4, -0.2) is 29.1 Å². The normalized spacial score (nSPS) is 17.2. The van der Waals surface area contributed by atoms with Crippen molar-refractivity contribution in [2.24, 2.45) is 5.92 Å². The lowest BCUT2D eigenvalue weighted by atomic mass is 9.93. The molecule has 0 radical (unpaired) electrons. The van der Waals surface area contributed by atoms with Gasteiger partial charge < -0.3 is 14.4 Å². The molecular formula is C13H17F3N2O3. The molecular weight excluding hydrogens is 289 g/mol. The average molecular weight is 306 g/mol. The number of alkyl halides is 3. The third-order valence-corrected chi connectivity index (χ3v) is 3.66. The number of piperidine rings is 1. The summed E-state index contributed by atoms with van der Waals surface area (Å²) in [6, 6.07) is -0.255. The summed E-state index contributed by atoms with van der Waals surface area (Å²) in [5.41, 5.74) is -1.47. The molecule has 0 bridgehead atoms. The number of aromatic carboxylic acids is 1. The molecule has 0 unspecified atom stereocenters. The number of hydrogen-bond acceptors (Lipinski definition) is 4. The van der Waals surface area contributed by atoms with Crippen molar-refractivity contribution in [2.45, 2.75) is 38.8 Å². The van der Waals surface area contributed by atoms with Crippen molar-refractivity contribution in [3.8, 4) is 0 Å². The Balaban J connectivity index is 2.17. The molecule has 21 heavy (non-hydrogen) atoms. The van der Waals surface area contributed by atoms with Gasteiger partial charge in [-0.25, -0.2) is 4.79 Å². The molecule has 0 saturated carbocycles. The molecule has 1 aliphatic rings. The van der Waals surface area contributed by atoms with E-state index < -0.39 is 23.6 Å². The highest BCUT2D eigenvalue weighted by molar-refractivity contribution is 5.86. The molecule has 1 fully saturated rings. The van der Waals surface area contributed by atoms with Gasteiger partial charge in [0.1, 0.15) is 0 Å². The van der Waals surface area contributed by atoms with Crippen molar-refractivity contribution < 1.29 is 27.5 Å². The van der Waals surface area contributed by atoms with Crippen molar-refractivity contribution in [1.82, 2.24) is 4.98 Å². The van der Waals surface area contributed by atoms with E-state index in [2.05, 4.69) is 11.9 Å². The Morgan fingerprint density at radius 2 is 2.05 bits per heavy atom. The van der Waals surface area contributed by atoms with Gasteiger partial charge in [-0.15, -0.1) is 0 Å². The van der Waals surface area contributed by atoms with E-state index in [1.54, 1.807) is 4.90 Å². The molecule has 1 aliphatic heterocycles. The summed E-state index contributed by atoms with van der Waals surface area (Å²) in [6.45, 7) is 3.15. The number of carboxylic acids is 1. The van der Waals surface area contributed by atoms with Gasteiger partial charge in [0, 0.05) is 13.1 Å². The summed E-state index contributed by atoms with van der Waals surface area (Å²) >= 11 is 0. The van der Waals surface area contributed by atoms with E-state index in [1.165, 1.54) is 0 Å².